The van der Waals surface area contributed by atoms with Gasteiger partial charge in [-0.05, 0) is 6.42 Å². The maximum absolute atomic E-state index is 11.6. The molecule has 0 saturated carbocycles. The fourth-order valence-corrected chi connectivity index (χ4v) is 1.71. The summed E-state index contributed by atoms with van der Waals surface area (Å²) in [5, 5.41) is 13.9. The van der Waals surface area contributed by atoms with Crippen LogP contribution in [0.5, 0.6) is 0 Å². The molecule has 0 aromatic heterocycles. The van der Waals surface area contributed by atoms with Gasteiger partial charge in [-0.25, -0.2) is 4.79 Å². The molecule has 0 unspecified atom stereocenters. The molecule has 0 radical (unpaired) electrons. The second kappa shape index (κ2) is 11.3. The summed E-state index contributed by atoms with van der Waals surface area (Å²) in [6.07, 6.45) is 5.44. The zero-order valence-electron chi connectivity index (χ0n) is 12.4. The fraction of sp³-hybridized carbons (Fsp3) is 0.786. The fourth-order valence-electron chi connectivity index (χ4n) is 1.71. The highest BCUT2D eigenvalue weighted by Gasteiger charge is 2.22. The maximum Gasteiger partial charge on any atom is 0.326 e. The van der Waals surface area contributed by atoms with Crippen LogP contribution in [-0.4, -0.2) is 35.5 Å². The molecule has 6 heteroatoms. The molecule has 0 aliphatic rings. The Bertz CT molecular complexity index is 318. The van der Waals surface area contributed by atoms with E-state index in [0.29, 0.717) is 6.54 Å². The van der Waals surface area contributed by atoms with Crippen LogP contribution in [0, 0.1) is 0 Å². The van der Waals surface area contributed by atoms with Gasteiger partial charge in [-0.2, -0.15) is 0 Å². The third-order valence-electron chi connectivity index (χ3n) is 2.95. The van der Waals surface area contributed by atoms with Crippen molar-refractivity contribution in [1.82, 2.24) is 10.6 Å². The SMILES string of the molecule is CCCCCCCNC(=O)C[C@@H](NC(=O)CC)C(=O)O. The van der Waals surface area contributed by atoms with Crippen LogP contribution in [0.15, 0.2) is 0 Å². The van der Waals surface area contributed by atoms with Gasteiger partial charge in [0.15, 0.2) is 0 Å². The minimum absolute atomic E-state index is 0.197. The van der Waals surface area contributed by atoms with E-state index in [1.165, 1.54) is 12.8 Å². The third kappa shape index (κ3) is 9.35. The highest BCUT2D eigenvalue weighted by atomic mass is 16.4. The predicted octanol–water partition coefficient (Wildman–Crippen LogP) is 1.44. The number of carbonyl (C=O) groups excluding carboxylic acids is 2. The summed E-state index contributed by atoms with van der Waals surface area (Å²) in [5.41, 5.74) is 0. The molecule has 0 aromatic rings. The lowest BCUT2D eigenvalue weighted by atomic mass is 10.1. The van der Waals surface area contributed by atoms with Gasteiger partial charge in [0.25, 0.3) is 0 Å². The first kappa shape index (κ1) is 18.4. The minimum atomic E-state index is -1.19. The first-order valence-corrected chi connectivity index (χ1v) is 7.30. The highest BCUT2D eigenvalue weighted by Crippen LogP contribution is 2.01. The number of rotatable bonds is 11. The van der Waals surface area contributed by atoms with Gasteiger partial charge in [-0.1, -0.05) is 39.5 Å². The lowest BCUT2D eigenvalue weighted by molar-refractivity contribution is -0.143. The summed E-state index contributed by atoms with van der Waals surface area (Å²) in [6, 6.07) is -1.15. The summed E-state index contributed by atoms with van der Waals surface area (Å²) in [5.74, 6) is -1.90. The van der Waals surface area contributed by atoms with Gasteiger partial charge < -0.3 is 15.7 Å². The average Bonchev–Trinajstić information content (AvgIpc) is 2.41. The molecule has 0 fully saturated rings. The number of hydrogen-bond donors (Lipinski definition) is 3. The largest absolute Gasteiger partial charge is 0.480 e. The molecule has 0 aromatic carbocycles. The Labute approximate surface area is 120 Å². The number of hydrogen-bond acceptors (Lipinski definition) is 3. The van der Waals surface area contributed by atoms with Crippen molar-refractivity contribution in [2.45, 2.75) is 64.8 Å². The zero-order chi connectivity index (χ0) is 15.4. The van der Waals surface area contributed by atoms with E-state index < -0.39 is 12.0 Å². The molecule has 20 heavy (non-hydrogen) atoms. The van der Waals surface area contributed by atoms with Crippen LogP contribution in [0.1, 0.15) is 58.8 Å². The van der Waals surface area contributed by atoms with Crippen LogP contribution >= 0.6 is 0 Å². The van der Waals surface area contributed by atoms with E-state index in [0.717, 1.165) is 19.3 Å². The minimum Gasteiger partial charge on any atom is -0.480 e. The number of unbranched alkanes of at least 4 members (excludes halogenated alkanes) is 4. The first-order chi connectivity index (χ1) is 9.51. The molecule has 0 heterocycles. The summed E-state index contributed by atoms with van der Waals surface area (Å²) >= 11 is 0. The lowest BCUT2D eigenvalue weighted by Crippen LogP contribution is -2.44. The summed E-state index contributed by atoms with van der Waals surface area (Å²) in [7, 11) is 0. The normalized spacial score (nSPS) is 11.7. The third-order valence-corrected chi connectivity index (χ3v) is 2.95. The smallest absolute Gasteiger partial charge is 0.326 e. The van der Waals surface area contributed by atoms with Gasteiger partial charge in [0.2, 0.25) is 11.8 Å². The molecule has 0 aliphatic heterocycles. The number of carboxylic acid groups (broad SMARTS) is 1. The molecule has 0 rings (SSSR count). The Morgan fingerprint density at radius 2 is 1.65 bits per heavy atom. The monoisotopic (exact) mass is 286 g/mol. The number of carbonyl (C=O) groups is 3. The molecular weight excluding hydrogens is 260 g/mol. The Morgan fingerprint density at radius 3 is 2.20 bits per heavy atom. The standard InChI is InChI=1S/C14H26N2O4/c1-3-5-6-7-8-9-15-13(18)10-11(14(19)20)16-12(17)4-2/h11H,3-10H2,1-2H3,(H,15,18)(H,16,17)(H,19,20)/t11-/m1/s1. The Hall–Kier alpha value is -1.59. The van der Waals surface area contributed by atoms with Crippen LogP contribution in [-0.2, 0) is 14.4 Å². The van der Waals surface area contributed by atoms with Crippen molar-refractivity contribution in [3.63, 3.8) is 0 Å². The van der Waals surface area contributed by atoms with E-state index in [-0.39, 0.29) is 24.7 Å². The van der Waals surface area contributed by atoms with E-state index in [2.05, 4.69) is 17.6 Å². The topological polar surface area (TPSA) is 95.5 Å². The van der Waals surface area contributed by atoms with Crippen LogP contribution in [0.3, 0.4) is 0 Å². The van der Waals surface area contributed by atoms with E-state index in [4.69, 9.17) is 5.11 Å². The number of carboxylic acids is 1. The second-order valence-electron chi connectivity index (χ2n) is 4.78. The van der Waals surface area contributed by atoms with Crippen molar-refractivity contribution >= 4 is 17.8 Å². The molecule has 2 amide bonds. The van der Waals surface area contributed by atoms with Gasteiger partial charge in [0, 0.05) is 13.0 Å². The second-order valence-corrected chi connectivity index (χ2v) is 4.78. The summed E-state index contributed by atoms with van der Waals surface area (Å²) < 4.78 is 0. The molecule has 0 spiro atoms. The Balaban J connectivity index is 3.90. The van der Waals surface area contributed by atoms with E-state index in [1.807, 2.05) is 0 Å². The van der Waals surface area contributed by atoms with Crippen LogP contribution in [0.4, 0.5) is 0 Å². The molecule has 6 nitrogen and oxygen atoms in total. The first-order valence-electron chi connectivity index (χ1n) is 7.30. The van der Waals surface area contributed by atoms with E-state index in [1.54, 1.807) is 6.92 Å². The number of aliphatic carboxylic acids is 1. The Morgan fingerprint density at radius 1 is 1.00 bits per heavy atom. The average molecular weight is 286 g/mol. The van der Waals surface area contributed by atoms with Gasteiger partial charge in [-0.15, -0.1) is 0 Å². The van der Waals surface area contributed by atoms with Crippen molar-refractivity contribution in [1.29, 1.82) is 0 Å². The lowest BCUT2D eigenvalue weighted by Gasteiger charge is -2.13. The molecule has 116 valence electrons. The summed E-state index contributed by atoms with van der Waals surface area (Å²) in [6.45, 7) is 4.32. The summed E-state index contributed by atoms with van der Waals surface area (Å²) in [4.78, 5) is 33.7. The highest BCUT2D eigenvalue weighted by molar-refractivity contribution is 5.88. The van der Waals surface area contributed by atoms with Crippen molar-refractivity contribution in [2.75, 3.05) is 6.54 Å². The molecule has 0 saturated heterocycles. The quantitative estimate of drug-likeness (QED) is 0.501. The molecule has 1 atom stereocenters. The predicted molar refractivity (Wildman–Crippen MR) is 76.2 cm³/mol. The van der Waals surface area contributed by atoms with Crippen LogP contribution in [0.25, 0.3) is 0 Å². The Kier molecular flexibility index (Phi) is 10.4. The van der Waals surface area contributed by atoms with Gasteiger partial charge in [0.05, 0.1) is 6.42 Å². The molecule has 3 N–H and O–H groups in total. The molecule has 0 aliphatic carbocycles. The maximum atomic E-state index is 11.6. The number of amides is 2. The van der Waals surface area contributed by atoms with Crippen LogP contribution < -0.4 is 10.6 Å². The zero-order valence-corrected chi connectivity index (χ0v) is 12.4. The molecule has 0 bridgehead atoms. The van der Waals surface area contributed by atoms with Gasteiger partial charge in [0.1, 0.15) is 6.04 Å². The van der Waals surface area contributed by atoms with E-state index >= 15 is 0 Å². The van der Waals surface area contributed by atoms with Crippen molar-refractivity contribution in [2.24, 2.45) is 0 Å². The molecular formula is C14H26N2O4. The van der Waals surface area contributed by atoms with Crippen molar-refractivity contribution in [3.8, 4) is 0 Å². The van der Waals surface area contributed by atoms with Gasteiger partial charge >= 0.3 is 5.97 Å². The van der Waals surface area contributed by atoms with E-state index in [9.17, 15) is 14.4 Å². The van der Waals surface area contributed by atoms with Crippen molar-refractivity contribution < 1.29 is 19.5 Å². The number of nitrogens with one attached hydrogen (secondary N) is 2. The van der Waals surface area contributed by atoms with Crippen LogP contribution in [0.2, 0.25) is 0 Å². The van der Waals surface area contributed by atoms with Crippen molar-refractivity contribution in [3.05, 3.63) is 0 Å². The van der Waals surface area contributed by atoms with Gasteiger partial charge in [-0.3, -0.25) is 9.59 Å².